The highest BCUT2D eigenvalue weighted by molar-refractivity contribution is 6.07. The monoisotopic (exact) mass is 360 g/mol. The van der Waals surface area contributed by atoms with E-state index in [2.05, 4.69) is 5.32 Å². The Kier molecular flexibility index (Phi) is 3.57. The Hall–Kier alpha value is -2.83. The van der Waals surface area contributed by atoms with Gasteiger partial charge in [0.05, 0.1) is 5.56 Å². The number of hydrogen-bond donors (Lipinski definition) is 1. The number of nitrogens with zero attached hydrogens (tertiary/aromatic N) is 1. The van der Waals surface area contributed by atoms with Gasteiger partial charge in [0.25, 0.3) is 11.8 Å². The third-order valence-corrected chi connectivity index (χ3v) is 5.14. The van der Waals surface area contributed by atoms with Crippen molar-refractivity contribution in [3.8, 4) is 0 Å². The first-order valence-corrected chi connectivity index (χ1v) is 8.20. The fourth-order valence-electron chi connectivity index (χ4n) is 3.60. The summed E-state index contributed by atoms with van der Waals surface area (Å²) in [4.78, 5) is 26.9. The summed E-state index contributed by atoms with van der Waals surface area (Å²) in [5.74, 6) is -0.679. The molecule has 2 aromatic rings. The van der Waals surface area contributed by atoms with E-state index in [1.807, 2.05) is 18.2 Å². The number of benzene rings is 2. The number of halogens is 3. The standard InChI is InChI=1S/C19H15F3N2O2/c20-19(21,22)14-7-5-12(6-8-14)16(25)24-10-9-18(24)11-13-3-1-2-4-15(13)23-17(18)26/h1-8H,9-11H2,(H,23,26). The topological polar surface area (TPSA) is 49.4 Å². The first-order chi connectivity index (χ1) is 12.3. The maximum atomic E-state index is 12.8. The number of carbonyl (C=O) groups is 2. The molecule has 0 radical (unpaired) electrons. The average molecular weight is 360 g/mol. The van der Waals surface area contributed by atoms with Crippen LogP contribution < -0.4 is 5.32 Å². The second-order valence-electron chi connectivity index (χ2n) is 6.60. The molecule has 2 aliphatic rings. The number of rotatable bonds is 1. The normalized spacial score (nSPS) is 21.8. The number of amides is 2. The van der Waals surface area contributed by atoms with E-state index in [9.17, 15) is 22.8 Å². The molecule has 7 heteroatoms. The summed E-state index contributed by atoms with van der Waals surface area (Å²) in [6, 6.07) is 11.5. The van der Waals surface area contributed by atoms with Gasteiger partial charge in [-0.3, -0.25) is 9.59 Å². The predicted octanol–water partition coefficient (Wildman–Crippen LogP) is 3.48. The molecule has 4 nitrogen and oxygen atoms in total. The summed E-state index contributed by atoms with van der Waals surface area (Å²) < 4.78 is 38.1. The molecule has 1 spiro atoms. The van der Waals surface area contributed by atoms with Crippen LogP contribution in [-0.2, 0) is 17.4 Å². The van der Waals surface area contributed by atoms with Crippen LogP contribution in [0.15, 0.2) is 48.5 Å². The molecule has 1 unspecified atom stereocenters. The minimum absolute atomic E-state index is 0.142. The van der Waals surface area contributed by atoms with Gasteiger partial charge in [0.15, 0.2) is 0 Å². The Labute approximate surface area is 147 Å². The molecule has 0 aliphatic carbocycles. The van der Waals surface area contributed by atoms with Gasteiger partial charge in [0, 0.05) is 24.2 Å². The number of alkyl halides is 3. The van der Waals surface area contributed by atoms with Gasteiger partial charge in [0.2, 0.25) is 0 Å². The summed E-state index contributed by atoms with van der Waals surface area (Å²) in [7, 11) is 0. The maximum Gasteiger partial charge on any atom is 0.416 e. The zero-order chi connectivity index (χ0) is 18.5. The van der Waals surface area contributed by atoms with Crippen molar-refractivity contribution in [3.05, 3.63) is 65.2 Å². The van der Waals surface area contributed by atoms with Gasteiger partial charge in [-0.25, -0.2) is 0 Å². The highest BCUT2D eigenvalue weighted by Gasteiger charge is 2.55. The molecule has 2 aromatic carbocycles. The van der Waals surface area contributed by atoms with Crippen LogP contribution in [0.2, 0.25) is 0 Å². The molecule has 1 N–H and O–H groups in total. The summed E-state index contributed by atoms with van der Waals surface area (Å²) in [5, 5.41) is 2.84. The van der Waals surface area contributed by atoms with Gasteiger partial charge < -0.3 is 10.2 Å². The van der Waals surface area contributed by atoms with E-state index in [4.69, 9.17) is 0 Å². The lowest BCUT2D eigenvalue weighted by atomic mass is 9.75. The Bertz CT molecular complexity index is 892. The van der Waals surface area contributed by atoms with Crippen LogP contribution in [0.3, 0.4) is 0 Å². The second kappa shape index (κ2) is 5.59. The Morgan fingerprint density at radius 1 is 1.08 bits per heavy atom. The smallest absolute Gasteiger partial charge is 0.324 e. The minimum Gasteiger partial charge on any atom is -0.324 e. The molecule has 0 bridgehead atoms. The summed E-state index contributed by atoms with van der Waals surface area (Å²) in [6.45, 7) is 0.398. The molecular formula is C19H15F3N2O2. The number of carbonyl (C=O) groups excluding carboxylic acids is 2. The van der Waals surface area contributed by atoms with E-state index >= 15 is 0 Å². The molecule has 0 aromatic heterocycles. The fourth-order valence-corrected chi connectivity index (χ4v) is 3.60. The molecule has 26 heavy (non-hydrogen) atoms. The van der Waals surface area contributed by atoms with Gasteiger partial charge >= 0.3 is 6.18 Å². The van der Waals surface area contributed by atoms with Crippen LogP contribution in [0.1, 0.15) is 27.9 Å². The largest absolute Gasteiger partial charge is 0.416 e. The van der Waals surface area contributed by atoms with E-state index in [1.54, 1.807) is 6.07 Å². The van der Waals surface area contributed by atoms with Crippen molar-refractivity contribution in [2.75, 3.05) is 11.9 Å². The predicted molar refractivity (Wildman–Crippen MR) is 88.6 cm³/mol. The zero-order valence-electron chi connectivity index (χ0n) is 13.6. The second-order valence-corrected chi connectivity index (χ2v) is 6.60. The number of anilines is 1. The number of hydrogen-bond acceptors (Lipinski definition) is 2. The van der Waals surface area contributed by atoms with Crippen LogP contribution in [0.4, 0.5) is 18.9 Å². The molecule has 134 valence electrons. The maximum absolute atomic E-state index is 12.8. The lowest BCUT2D eigenvalue weighted by Gasteiger charge is -2.53. The number of likely N-dealkylation sites (tertiary alicyclic amines) is 1. The Morgan fingerprint density at radius 3 is 2.38 bits per heavy atom. The lowest BCUT2D eigenvalue weighted by molar-refractivity contribution is -0.137. The highest BCUT2D eigenvalue weighted by Crippen LogP contribution is 2.41. The molecule has 2 heterocycles. The van der Waals surface area contributed by atoms with Crippen LogP contribution in [0, 0.1) is 0 Å². The summed E-state index contributed by atoms with van der Waals surface area (Å²) >= 11 is 0. The van der Waals surface area contributed by atoms with Crippen molar-refractivity contribution in [1.29, 1.82) is 0 Å². The number of fused-ring (bicyclic) bond motifs is 1. The third kappa shape index (κ3) is 2.46. The van der Waals surface area contributed by atoms with Gasteiger partial charge in [0.1, 0.15) is 5.54 Å². The molecule has 2 amide bonds. The van der Waals surface area contributed by atoms with E-state index in [-0.39, 0.29) is 11.5 Å². The minimum atomic E-state index is -4.45. The van der Waals surface area contributed by atoms with E-state index < -0.39 is 23.2 Å². The van der Waals surface area contributed by atoms with Crippen LogP contribution in [0.5, 0.6) is 0 Å². The Morgan fingerprint density at radius 2 is 1.77 bits per heavy atom. The lowest BCUT2D eigenvalue weighted by Crippen LogP contribution is -2.70. The SMILES string of the molecule is O=C(c1ccc(C(F)(F)F)cc1)N1CCC12Cc1ccccc1NC2=O. The van der Waals surface area contributed by atoms with Crippen molar-refractivity contribution in [1.82, 2.24) is 4.90 Å². The number of para-hydroxylation sites is 1. The van der Waals surface area contributed by atoms with Gasteiger partial charge in [-0.1, -0.05) is 18.2 Å². The first kappa shape index (κ1) is 16.6. The average Bonchev–Trinajstić information content (AvgIpc) is 2.59. The molecule has 1 atom stereocenters. The van der Waals surface area contributed by atoms with E-state index in [0.29, 0.717) is 19.4 Å². The van der Waals surface area contributed by atoms with Crippen molar-refractivity contribution >= 4 is 17.5 Å². The third-order valence-electron chi connectivity index (χ3n) is 5.14. The van der Waals surface area contributed by atoms with E-state index in [1.165, 1.54) is 4.90 Å². The molecule has 1 saturated heterocycles. The molecule has 4 rings (SSSR count). The highest BCUT2D eigenvalue weighted by atomic mass is 19.4. The molecular weight excluding hydrogens is 345 g/mol. The molecule has 1 fully saturated rings. The quantitative estimate of drug-likeness (QED) is 0.846. The van der Waals surface area contributed by atoms with Gasteiger partial charge in [-0.15, -0.1) is 0 Å². The van der Waals surface area contributed by atoms with Crippen LogP contribution >= 0.6 is 0 Å². The van der Waals surface area contributed by atoms with E-state index in [0.717, 1.165) is 35.5 Å². The number of nitrogens with one attached hydrogen (secondary N) is 1. The molecule has 2 aliphatic heterocycles. The fraction of sp³-hybridized carbons (Fsp3) is 0.263. The van der Waals surface area contributed by atoms with Crippen LogP contribution in [0.25, 0.3) is 0 Å². The van der Waals surface area contributed by atoms with Crippen molar-refractivity contribution in [2.24, 2.45) is 0 Å². The van der Waals surface area contributed by atoms with Crippen molar-refractivity contribution in [3.63, 3.8) is 0 Å². The first-order valence-electron chi connectivity index (χ1n) is 8.20. The van der Waals surface area contributed by atoms with Gasteiger partial charge in [-0.05, 0) is 42.3 Å². The zero-order valence-corrected chi connectivity index (χ0v) is 13.6. The Balaban J connectivity index is 1.61. The summed E-state index contributed by atoms with van der Waals surface area (Å²) in [5.41, 5.74) is 0.0446. The summed E-state index contributed by atoms with van der Waals surface area (Å²) in [6.07, 6.45) is -3.52. The van der Waals surface area contributed by atoms with Crippen molar-refractivity contribution < 1.29 is 22.8 Å². The van der Waals surface area contributed by atoms with Crippen molar-refractivity contribution in [2.45, 2.75) is 24.6 Å². The molecule has 0 saturated carbocycles. The van der Waals surface area contributed by atoms with Crippen LogP contribution in [-0.4, -0.2) is 28.8 Å². The van der Waals surface area contributed by atoms with Gasteiger partial charge in [-0.2, -0.15) is 13.2 Å².